The van der Waals surface area contributed by atoms with E-state index in [2.05, 4.69) is 14.9 Å². The van der Waals surface area contributed by atoms with Crippen LogP contribution in [0.4, 0.5) is 5.82 Å². The molecular weight excluding hydrogens is 266 g/mol. The summed E-state index contributed by atoms with van der Waals surface area (Å²) in [5, 5.41) is 16.1. The smallest absolute Gasteiger partial charge is 0.263 e. The lowest BCUT2D eigenvalue weighted by atomic mass is 10.2. The van der Waals surface area contributed by atoms with E-state index in [4.69, 9.17) is 5.11 Å². The largest absolute Gasteiger partial charge is 0.396 e. The Morgan fingerprint density at radius 3 is 2.47 bits per heavy atom. The summed E-state index contributed by atoms with van der Waals surface area (Å²) >= 11 is 0. The Balaban J connectivity index is 2.20. The minimum atomic E-state index is -3.66. The molecule has 0 aliphatic carbocycles. The molecule has 0 radical (unpaired) electrons. The van der Waals surface area contributed by atoms with Gasteiger partial charge in [-0.1, -0.05) is 12.1 Å². The molecule has 0 bridgehead atoms. The molecule has 2 N–H and O–H groups in total. The van der Waals surface area contributed by atoms with Gasteiger partial charge in [0.1, 0.15) is 0 Å². The molecule has 0 amide bonds. The van der Waals surface area contributed by atoms with Gasteiger partial charge < -0.3 is 5.11 Å². The van der Waals surface area contributed by atoms with E-state index in [-0.39, 0.29) is 17.3 Å². The molecule has 7 heteroatoms. The molecule has 0 aliphatic heterocycles. The Bertz CT molecular complexity index is 627. The number of aliphatic hydroxyl groups excluding tert-OH is 1. The second kappa shape index (κ2) is 5.77. The third-order valence-electron chi connectivity index (χ3n) is 2.45. The van der Waals surface area contributed by atoms with Crippen LogP contribution in [-0.2, 0) is 16.4 Å². The predicted molar refractivity (Wildman–Crippen MR) is 70.1 cm³/mol. The highest BCUT2D eigenvalue weighted by molar-refractivity contribution is 7.92. The summed E-state index contributed by atoms with van der Waals surface area (Å²) in [4.78, 5) is 0.139. The fourth-order valence-corrected chi connectivity index (χ4v) is 2.51. The molecule has 2 rings (SSSR count). The number of hydrogen-bond donors (Lipinski definition) is 2. The van der Waals surface area contributed by atoms with Crippen LogP contribution in [0.3, 0.4) is 0 Å². The Labute approximate surface area is 111 Å². The molecule has 0 unspecified atom stereocenters. The highest BCUT2D eigenvalue weighted by atomic mass is 32.2. The number of aliphatic hydroxyl groups is 1. The first kappa shape index (κ1) is 13.4. The van der Waals surface area contributed by atoms with Crippen molar-refractivity contribution in [3.63, 3.8) is 0 Å². The first-order valence-electron chi connectivity index (χ1n) is 5.62. The highest BCUT2D eigenvalue weighted by Crippen LogP contribution is 2.14. The van der Waals surface area contributed by atoms with Crippen molar-refractivity contribution in [1.29, 1.82) is 0 Å². The van der Waals surface area contributed by atoms with Crippen LogP contribution in [0.5, 0.6) is 0 Å². The number of rotatable bonds is 5. The number of anilines is 1. The van der Waals surface area contributed by atoms with Crippen LogP contribution in [0.25, 0.3) is 0 Å². The van der Waals surface area contributed by atoms with Crippen LogP contribution in [0.2, 0.25) is 0 Å². The van der Waals surface area contributed by atoms with E-state index in [0.29, 0.717) is 6.42 Å². The summed E-state index contributed by atoms with van der Waals surface area (Å²) in [7, 11) is -3.66. The molecule has 0 saturated carbocycles. The van der Waals surface area contributed by atoms with Crippen LogP contribution in [0, 0.1) is 0 Å². The lowest BCUT2D eigenvalue weighted by Gasteiger charge is -2.07. The van der Waals surface area contributed by atoms with E-state index >= 15 is 0 Å². The van der Waals surface area contributed by atoms with Gasteiger partial charge in [-0.3, -0.25) is 4.72 Å². The maximum Gasteiger partial charge on any atom is 0.263 e. The van der Waals surface area contributed by atoms with Crippen molar-refractivity contribution in [3.05, 3.63) is 48.2 Å². The number of sulfonamides is 1. The third-order valence-corrected chi connectivity index (χ3v) is 3.82. The zero-order valence-corrected chi connectivity index (χ0v) is 10.8. The Hall–Kier alpha value is -1.99. The molecule has 1 aromatic heterocycles. The van der Waals surface area contributed by atoms with E-state index in [1.54, 1.807) is 18.2 Å². The highest BCUT2D eigenvalue weighted by Gasteiger charge is 2.14. The van der Waals surface area contributed by atoms with Crippen LogP contribution in [0.15, 0.2) is 47.5 Å². The number of benzene rings is 1. The van der Waals surface area contributed by atoms with E-state index in [9.17, 15) is 8.42 Å². The number of hydrogen-bond acceptors (Lipinski definition) is 5. The Morgan fingerprint density at radius 1 is 1.16 bits per heavy atom. The minimum Gasteiger partial charge on any atom is -0.396 e. The average Bonchev–Trinajstić information content (AvgIpc) is 2.40. The molecule has 0 atom stereocenters. The van der Waals surface area contributed by atoms with Gasteiger partial charge in [-0.15, -0.1) is 5.10 Å². The molecule has 0 spiro atoms. The predicted octanol–water partition coefficient (Wildman–Crippen LogP) is 0.812. The fraction of sp³-hybridized carbons (Fsp3) is 0.167. The topological polar surface area (TPSA) is 92.2 Å². The van der Waals surface area contributed by atoms with Crippen LogP contribution in [-0.4, -0.2) is 30.3 Å². The van der Waals surface area contributed by atoms with Gasteiger partial charge in [0.25, 0.3) is 10.0 Å². The molecule has 1 aromatic carbocycles. The molecule has 1 heterocycles. The van der Waals surface area contributed by atoms with Crippen molar-refractivity contribution in [2.24, 2.45) is 0 Å². The Kier molecular flexibility index (Phi) is 4.08. The van der Waals surface area contributed by atoms with E-state index in [0.717, 1.165) is 5.56 Å². The van der Waals surface area contributed by atoms with Gasteiger partial charge >= 0.3 is 0 Å². The first-order valence-corrected chi connectivity index (χ1v) is 7.10. The monoisotopic (exact) mass is 279 g/mol. The number of nitrogens with zero attached hydrogens (tertiary/aromatic N) is 2. The van der Waals surface area contributed by atoms with Gasteiger partial charge in [-0.05, 0) is 36.2 Å². The van der Waals surface area contributed by atoms with E-state index < -0.39 is 10.0 Å². The quantitative estimate of drug-likeness (QED) is 0.845. The van der Waals surface area contributed by atoms with Gasteiger partial charge in [-0.2, -0.15) is 5.10 Å². The van der Waals surface area contributed by atoms with Crippen molar-refractivity contribution in [2.45, 2.75) is 11.3 Å². The summed E-state index contributed by atoms with van der Waals surface area (Å²) in [5.74, 6) is 0.168. The summed E-state index contributed by atoms with van der Waals surface area (Å²) < 4.78 is 26.4. The van der Waals surface area contributed by atoms with Gasteiger partial charge in [-0.25, -0.2) is 8.42 Å². The molecule has 0 saturated heterocycles. The van der Waals surface area contributed by atoms with Crippen molar-refractivity contribution < 1.29 is 13.5 Å². The zero-order chi connectivity index (χ0) is 13.7. The second-order valence-electron chi connectivity index (χ2n) is 3.83. The van der Waals surface area contributed by atoms with Crippen LogP contribution in [0.1, 0.15) is 5.56 Å². The summed E-state index contributed by atoms with van der Waals surface area (Å²) in [6.45, 7) is 0.0317. The molecule has 19 heavy (non-hydrogen) atoms. The van der Waals surface area contributed by atoms with Crippen molar-refractivity contribution >= 4 is 15.8 Å². The van der Waals surface area contributed by atoms with Crippen LogP contribution >= 0.6 is 0 Å². The van der Waals surface area contributed by atoms with E-state index in [1.165, 1.54) is 24.4 Å². The van der Waals surface area contributed by atoms with Gasteiger partial charge in [0, 0.05) is 12.8 Å². The average molecular weight is 279 g/mol. The Morgan fingerprint density at radius 2 is 1.89 bits per heavy atom. The molecule has 2 aromatic rings. The van der Waals surface area contributed by atoms with Crippen molar-refractivity contribution in [1.82, 2.24) is 10.2 Å². The summed E-state index contributed by atoms with van der Waals surface area (Å²) in [6, 6.07) is 9.43. The van der Waals surface area contributed by atoms with Gasteiger partial charge in [0.05, 0.1) is 4.90 Å². The minimum absolute atomic E-state index is 0.0317. The lowest BCUT2D eigenvalue weighted by molar-refractivity contribution is 0.299. The fourth-order valence-electron chi connectivity index (χ4n) is 1.52. The van der Waals surface area contributed by atoms with Crippen molar-refractivity contribution in [3.8, 4) is 0 Å². The van der Waals surface area contributed by atoms with Crippen molar-refractivity contribution in [2.75, 3.05) is 11.3 Å². The lowest BCUT2D eigenvalue weighted by Crippen LogP contribution is -2.14. The number of aromatic nitrogens is 2. The maximum absolute atomic E-state index is 12.0. The summed E-state index contributed by atoms with van der Waals surface area (Å²) in [6.07, 6.45) is 1.96. The van der Waals surface area contributed by atoms with Gasteiger partial charge in [0.2, 0.25) is 0 Å². The standard InChI is InChI=1S/C12H13N3O3S/c16-9-7-10-3-5-11(6-4-10)19(17,18)15-12-2-1-8-13-14-12/h1-6,8,16H,7,9H2,(H,14,15). The molecule has 6 nitrogen and oxygen atoms in total. The van der Waals surface area contributed by atoms with Gasteiger partial charge in [0.15, 0.2) is 5.82 Å². The van der Waals surface area contributed by atoms with E-state index in [1.807, 2.05) is 0 Å². The maximum atomic E-state index is 12.0. The molecule has 100 valence electrons. The van der Waals surface area contributed by atoms with Crippen LogP contribution < -0.4 is 4.72 Å². The second-order valence-corrected chi connectivity index (χ2v) is 5.51. The summed E-state index contributed by atoms with van der Waals surface area (Å²) in [5.41, 5.74) is 0.876. The molecule has 0 aliphatic rings. The first-order chi connectivity index (χ1) is 9.12. The zero-order valence-electron chi connectivity index (χ0n) is 10.0. The molecular formula is C12H13N3O3S. The number of nitrogens with one attached hydrogen (secondary N) is 1. The third kappa shape index (κ3) is 3.49. The SMILES string of the molecule is O=S(=O)(Nc1cccnn1)c1ccc(CCO)cc1. The molecule has 0 fully saturated rings. The normalized spacial score (nSPS) is 11.2.